The number of allylic oxidation sites excluding steroid dienone is 2. The summed E-state index contributed by atoms with van der Waals surface area (Å²) in [6, 6.07) is 6.42. The smallest absolute Gasteiger partial charge is 0.236 e. The van der Waals surface area contributed by atoms with E-state index in [1.165, 1.54) is 24.3 Å². The Labute approximate surface area is 125 Å². The summed E-state index contributed by atoms with van der Waals surface area (Å²) in [6.07, 6.45) is 0. The summed E-state index contributed by atoms with van der Waals surface area (Å²) in [7, 11) is 0. The SMILES string of the molecule is C/C(=C1/Oc2cc(O)cc(O)c2C1=O)c1ccc(O)c(O)c1. The highest BCUT2D eigenvalue weighted by atomic mass is 16.5. The Bertz CT molecular complexity index is 835. The number of carbonyl (C=O) groups is 1. The van der Waals surface area contributed by atoms with E-state index in [0.717, 1.165) is 6.07 Å². The van der Waals surface area contributed by atoms with Crippen LogP contribution in [0.25, 0.3) is 5.57 Å². The number of phenols is 4. The third kappa shape index (κ3) is 2.01. The molecule has 0 aromatic heterocycles. The van der Waals surface area contributed by atoms with E-state index >= 15 is 0 Å². The number of Topliss-reactive ketones (excluding diaryl/α,β-unsaturated/α-hetero) is 1. The van der Waals surface area contributed by atoms with Gasteiger partial charge in [-0.1, -0.05) is 6.07 Å². The zero-order chi connectivity index (χ0) is 16.0. The Kier molecular flexibility index (Phi) is 2.95. The van der Waals surface area contributed by atoms with Gasteiger partial charge in [0.15, 0.2) is 17.3 Å². The zero-order valence-electron chi connectivity index (χ0n) is 11.5. The lowest BCUT2D eigenvalue weighted by Gasteiger charge is -2.07. The molecule has 0 spiro atoms. The van der Waals surface area contributed by atoms with Crippen molar-refractivity contribution < 1.29 is 30.0 Å². The number of rotatable bonds is 1. The van der Waals surface area contributed by atoms with Crippen molar-refractivity contribution in [2.75, 3.05) is 0 Å². The van der Waals surface area contributed by atoms with Crippen LogP contribution in [0.3, 0.4) is 0 Å². The van der Waals surface area contributed by atoms with Crippen molar-refractivity contribution >= 4 is 11.4 Å². The van der Waals surface area contributed by atoms with Gasteiger partial charge in [-0.25, -0.2) is 0 Å². The average molecular weight is 300 g/mol. The van der Waals surface area contributed by atoms with E-state index in [0.29, 0.717) is 11.1 Å². The fraction of sp³-hybridized carbons (Fsp3) is 0.0625. The molecule has 0 unspecified atom stereocenters. The van der Waals surface area contributed by atoms with Crippen molar-refractivity contribution in [3.05, 3.63) is 47.2 Å². The number of benzene rings is 2. The van der Waals surface area contributed by atoms with Crippen molar-refractivity contribution in [3.8, 4) is 28.7 Å². The molecule has 0 amide bonds. The first-order chi connectivity index (χ1) is 10.4. The summed E-state index contributed by atoms with van der Waals surface area (Å²) in [5.41, 5.74) is 0.890. The molecule has 2 aromatic rings. The monoisotopic (exact) mass is 300 g/mol. The number of carbonyl (C=O) groups excluding carboxylic acids is 1. The molecule has 0 bridgehead atoms. The second kappa shape index (κ2) is 4.70. The van der Waals surface area contributed by atoms with Crippen LogP contribution in [0.15, 0.2) is 36.1 Å². The molecular weight excluding hydrogens is 288 g/mol. The molecule has 0 atom stereocenters. The van der Waals surface area contributed by atoms with Crippen LogP contribution in [-0.2, 0) is 0 Å². The molecule has 1 aliphatic heterocycles. The zero-order valence-corrected chi connectivity index (χ0v) is 11.5. The van der Waals surface area contributed by atoms with E-state index < -0.39 is 5.78 Å². The van der Waals surface area contributed by atoms with Gasteiger partial charge in [0, 0.05) is 17.7 Å². The van der Waals surface area contributed by atoms with Crippen LogP contribution in [0.4, 0.5) is 0 Å². The fourth-order valence-electron chi connectivity index (χ4n) is 2.30. The van der Waals surface area contributed by atoms with Gasteiger partial charge in [0.05, 0.1) is 0 Å². The van der Waals surface area contributed by atoms with E-state index in [4.69, 9.17) is 4.74 Å². The van der Waals surface area contributed by atoms with Crippen LogP contribution in [-0.4, -0.2) is 26.2 Å². The van der Waals surface area contributed by atoms with Gasteiger partial charge in [-0.15, -0.1) is 0 Å². The molecule has 0 saturated heterocycles. The number of aromatic hydroxyl groups is 4. The van der Waals surface area contributed by atoms with Crippen LogP contribution < -0.4 is 4.74 Å². The van der Waals surface area contributed by atoms with E-state index in [1.54, 1.807) is 6.92 Å². The molecule has 112 valence electrons. The van der Waals surface area contributed by atoms with Gasteiger partial charge in [-0.05, 0) is 24.6 Å². The highest BCUT2D eigenvalue weighted by Crippen LogP contribution is 2.42. The Morgan fingerprint density at radius 3 is 2.36 bits per heavy atom. The molecular formula is C16H12O6. The van der Waals surface area contributed by atoms with Crippen molar-refractivity contribution in [1.29, 1.82) is 0 Å². The summed E-state index contributed by atoms with van der Waals surface area (Å²) >= 11 is 0. The molecule has 0 radical (unpaired) electrons. The Balaban J connectivity index is 2.11. The van der Waals surface area contributed by atoms with Crippen LogP contribution >= 0.6 is 0 Å². The van der Waals surface area contributed by atoms with Crippen LogP contribution in [0.1, 0.15) is 22.8 Å². The maximum atomic E-state index is 12.4. The van der Waals surface area contributed by atoms with Crippen LogP contribution in [0, 0.1) is 0 Å². The predicted molar refractivity (Wildman–Crippen MR) is 77.1 cm³/mol. The van der Waals surface area contributed by atoms with Gasteiger partial charge in [0.2, 0.25) is 5.78 Å². The van der Waals surface area contributed by atoms with E-state index in [9.17, 15) is 25.2 Å². The van der Waals surface area contributed by atoms with E-state index in [-0.39, 0.29) is 40.1 Å². The van der Waals surface area contributed by atoms with Gasteiger partial charge >= 0.3 is 0 Å². The molecule has 3 rings (SSSR count). The molecule has 2 aromatic carbocycles. The summed E-state index contributed by atoms with van der Waals surface area (Å²) in [4.78, 5) is 12.4. The normalized spacial score (nSPS) is 15.4. The highest BCUT2D eigenvalue weighted by Gasteiger charge is 2.33. The second-order valence-electron chi connectivity index (χ2n) is 4.93. The largest absolute Gasteiger partial charge is 0.508 e. The molecule has 0 fully saturated rings. The Morgan fingerprint density at radius 1 is 0.955 bits per heavy atom. The van der Waals surface area contributed by atoms with Gasteiger partial charge < -0.3 is 25.2 Å². The number of hydrogen-bond donors (Lipinski definition) is 4. The number of phenolic OH excluding ortho intramolecular Hbond substituents is 4. The summed E-state index contributed by atoms with van der Waals surface area (Å²) in [5, 5.41) is 38.1. The van der Waals surface area contributed by atoms with Gasteiger partial charge in [0.1, 0.15) is 22.8 Å². The predicted octanol–water partition coefficient (Wildman–Crippen LogP) is 2.52. The third-order valence-electron chi connectivity index (χ3n) is 3.46. The lowest BCUT2D eigenvalue weighted by atomic mass is 10.0. The lowest BCUT2D eigenvalue weighted by molar-refractivity contribution is 0.101. The minimum Gasteiger partial charge on any atom is -0.508 e. The van der Waals surface area contributed by atoms with Crippen LogP contribution in [0.2, 0.25) is 0 Å². The fourth-order valence-corrected chi connectivity index (χ4v) is 2.30. The molecule has 1 aliphatic rings. The van der Waals surface area contributed by atoms with Crippen molar-refractivity contribution in [1.82, 2.24) is 0 Å². The van der Waals surface area contributed by atoms with Crippen molar-refractivity contribution in [2.45, 2.75) is 6.92 Å². The molecule has 6 heteroatoms. The summed E-state index contributed by atoms with van der Waals surface area (Å²) in [6.45, 7) is 1.61. The lowest BCUT2D eigenvalue weighted by Crippen LogP contribution is -2.02. The van der Waals surface area contributed by atoms with E-state index in [2.05, 4.69) is 0 Å². The first-order valence-corrected chi connectivity index (χ1v) is 6.40. The standard InChI is InChI=1S/C16H12O6/c1-7(8-2-3-10(18)11(19)4-8)16-15(21)14-12(20)5-9(17)6-13(14)22-16/h2-6,17-20H,1H3/b16-7-. The molecule has 4 N–H and O–H groups in total. The number of ether oxygens (including phenoxy) is 1. The minimum absolute atomic E-state index is 0.0130. The van der Waals surface area contributed by atoms with Crippen LogP contribution in [0.5, 0.6) is 28.7 Å². The van der Waals surface area contributed by atoms with Crippen molar-refractivity contribution in [2.24, 2.45) is 0 Å². The minimum atomic E-state index is -0.516. The average Bonchev–Trinajstić information content (AvgIpc) is 2.78. The number of fused-ring (bicyclic) bond motifs is 1. The topological polar surface area (TPSA) is 107 Å². The molecule has 6 nitrogen and oxygen atoms in total. The summed E-state index contributed by atoms with van der Waals surface area (Å²) in [5.74, 6) is -1.63. The quantitative estimate of drug-likeness (QED) is 0.476. The number of ketones is 1. The first-order valence-electron chi connectivity index (χ1n) is 6.40. The summed E-state index contributed by atoms with van der Waals surface area (Å²) < 4.78 is 5.43. The molecule has 0 aliphatic carbocycles. The van der Waals surface area contributed by atoms with Crippen molar-refractivity contribution in [3.63, 3.8) is 0 Å². The van der Waals surface area contributed by atoms with E-state index in [1.807, 2.05) is 0 Å². The first kappa shape index (κ1) is 13.8. The molecule has 1 heterocycles. The van der Waals surface area contributed by atoms with Gasteiger partial charge in [0.25, 0.3) is 0 Å². The van der Waals surface area contributed by atoms with Gasteiger partial charge in [-0.3, -0.25) is 4.79 Å². The second-order valence-corrected chi connectivity index (χ2v) is 4.93. The maximum Gasteiger partial charge on any atom is 0.236 e. The number of hydrogen-bond acceptors (Lipinski definition) is 6. The Morgan fingerprint density at radius 2 is 1.68 bits per heavy atom. The maximum absolute atomic E-state index is 12.4. The highest BCUT2D eigenvalue weighted by molar-refractivity contribution is 6.17. The molecule has 22 heavy (non-hydrogen) atoms. The van der Waals surface area contributed by atoms with Gasteiger partial charge in [-0.2, -0.15) is 0 Å². The molecule has 0 saturated carbocycles. The third-order valence-corrected chi connectivity index (χ3v) is 3.46. The Hall–Kier alpha value is -3.15.